The van der Waals surface area contributed by atoms with Gasteiger partial charge in [0.05, 0.1) is 12.2 Å². The summed E-state index contributed by atoms with van der Waals surface area (Å²) in [5.41, 5.74) is 3.74. The van der Waals surface area contributed by atoms with E-state index in [4.69, 9.17) is 11.6 Å². The largest absolute Gasteiger partial charge is 0.362 e. The zero-order chi connectivity index (χ0) is 13.1. The molecular formula is C14H16ClN3. The fourth-order valence-electron chi connectivity index (χ4n) is 1.97. The number of benzene rings is 1. The minimum atomic E-state index is 0.149. The molecule has 2 rings (SSSR count). The van der Waals surface area contributed by atoms with Gasteiger partial charge in [-0.25, -0.2) is 9.97 Å². The van der Waals surface area contributed by atoms with E-state index in [-0.39, 0.29) is 6.04 Å². The van der Waals surface area contributed by atoms with E-state index in [2.05, 4.69) is 54.3 Å². The number of hydrogen-bond donors (Lipinski definition) is 1. The molecule has 0 spiro atoms. The standard InChI is InChI=1S/C14H16ClN3/c1-9-4-10(2)6-12(5-9)11(3)18-14-13(15)7-16-8-17-14/h4-8,11H,1-3H3,(H,16,17,18). The van der Waals surface area contributed by atoms with E-state index in [1.165, 1.54) is 23.0 Å². The summed E-state index contributed by atoms with van der Waals surface area (Å²) in [7, 11) is 0. The van der Waals surface area contributed by atoms with Crippen molar-refractivity contribution in [2.45, 2.75) is 26.8 Å². The molecule has 0 aliphatic carbocycles. The summed E-state index contributed by atoms with van der Waals surface area (Å²) in [6.45, 7) is 6.29. The molecule has 1 heterocycles. The van der Waals surface area contributed by atoms with Crippen LogP contribution >= 0.6 is 11.6 Å². The molecule has 0 bridgehead atoms. The maximum absolute atomic E-state index is 6.03. The highest BCUT2D eigenvalue weighted by atomic mass is 35.5. The van der Waals surface area contributed by atoms with Crippen LogP contribution in [-0.4, -0.2) is 9.97 Å². The van der Waals surface area contributed by atoms with Gasteiger partial charge >= 0.3 is 0 Å². The minimum absolute atomic E-state index is 0.149. The van der Waals surface area contributed by atoms with Crippen molar-refractivity contribution < 1.29 is 0 Å². The predicted molar refractivity (Wildman–Crippen MR) is 75.0 cm³/mol. The summed E-state index contributed by atoms with van der Waals surface area (Å²) in [5.74, 6) is 0.665. The van der Waals surface area contributed by atoms with Crippen molar-refractivity contribution in [2.24, 2.45) is 0 Å². The van der Waals surface area contributed by atoms with Crippen molar-refractivity contribution in [1.82, 2.24) is 9.97 Å². The Morgan fingerprint density at radius 3 is 2.44 bits per heavy atom. The monoisotopic (exact) mass is 261 g/mol. The second-order valence-electron chi connectivity index (χ2n) is 4.51. The van der Waals surface area contributed by atoms with E-state index in [0.29, 0.717) is 10.8 Å². The highest BCUT2D eigenvalue weighted by Crippen LogP contribution is 2.24. The van der Waals surface area contributed by atoms with Gasteiger partial charge in [-0.05, 0) is 26.3 Å². The Morgan fingerprint density at radius 1 is 1.17 bits per heavy atom. The van der Waals surface area contributed by atoms with Gasteiger partial charge in [0.25, 0.3) is 0 Å². The van der Waals surface area contributed by atoms with Crippen LogP contribution in [0.1, 0.15) is 29.7 Å². The van der Waals surface area contributed by atoms with Crippen molar-refractivity contribution in [1.29, 1.82) is 0 Å². The number of rotatable bonds is 3. The van der Waals surface area contributed by atoms with Gasteiger partial charge in [-0.2, -0.15) is 0 Å². The van der Waals surface area contributed by atoms with Crippen LogP contribution in [0.5, 0.6) is 0 Å². The molecule has 1 aromatic carbocycles. The Bertz CT molecular complexity index is 534. The fraction of sp³-hybridized carbons (Fsp3) is 0.286. The van der Waals surface area contributed by atoms with Crippen LogP contribution in [0.3, 0.4) is 0 Å². The number of nitrogens with one attached hydrogen (secondary N) is 1. The maximum Gasteiger partial charge on any atom is 0.148 e. The van der Waals surface area contributed by atoms with E-state index >= 15 is 0 Å². The number of hydrogen-bond acceptors (Lipinski definition) is 3. The van der Waals surface area contributed by atoms with Crippen molar-refractivity contribution in [3.05, 3.63) is 52.4 Å². The molecule has 1 N–H and O–H groups in total. The molecule has 4 heteroatoms. The van der Waals surface area contributed by atoms with Crippen LogP contribution in [0, 0.1) is 13.8 Å². The van der Waals surface area contributed by atoms with E-state index in [0.717, 1.165) is 0 Å². The third-order valence-electron chi connectivity index (χ3n) is 2.76. The second kappa shape index (κ2) is 5.36. The summed E-state index contributed by atoms with van der Waals surface area (Å²) in [5, 5.41) is 3.83. The molecule has 2 aromatic rings. The van der Waals surface area contributed by atoms with Gasteiger partial charge < -0.3 is 5.32 Å². The van der Waals surface area contributed by atoms with Gasteiger partial charge in [-0.1, -0.05) is 40.9 Å². The first-order valence-corrected chi connectivity index (χ1v) is 6.24. The van der Waals surface area contributed by atoms with E-state index in [1.807, 2.05) is 0 Å². The summed E-state index contributed by atoms with van der Waals surface area (Å²) >= 11 is 6.03. The van der Waals surface area contributed by atoms with E-state index < -0.39 is 0 Å². The predicted octanol–water partition coefficient (Wildman–Crippen LogP) is 3.92. The Kier molecular flexibility index (Phi) is 3.82. The van der Waals surface area contributed by atoms with Crippen molar-refractivity contribution in [3.63, 3.8) is 0 Å². The van der Waals surface area contributed by atoms with E-state index in [1.54, 1.807) is 6.20 Å². The number of anilines is 1. The van der Waals surface area contributed by atoms with E-state index in [9.17, 15) is 0 Å². The van der Waals surface area contributed by atoms with Gasteiger partial charge in [0, 0.05) is 0 Å². The van der Waals surface area contributed by atoms with Gasteiger partial charge in [-0.3, -0.25) is 0 Å². The Labute approximate surface area is 112 Å². The highest BCUT2D eigenvalue weighted by molar-refractivity contribution is 6.32. The normalized spacial score (nSPS) is 12.2. The van der Waals surface area contributed by atoms with Crippen molar-refractivity contribution in [2.75, 3.05) is 5.32 Å². The van der Waals surface area contributed by atoms with Crippen LogP contribution in [-0.2, 0) is 0 Å². The molecule has 0 saturated carbocycles. The Balaban J connectivity index is 2.22. The summed E-state index contributed by atoms with van der Waals surface area (Å²) in [4.78, 5) is 8.00. The quantitative estimate of drug-likeness (QED) is 0.910. The van der Waals surface area contributed by atoms with Gasteiger partial charge in [0.15, 0.2) is 0 Å². The minimum Gasteiger partial charge on any atom is -0.362 e. The lowest BCUT2D eigenvalue weighted by atomic mass is 10.0. The topological polar surface area (TPSA) is 37.8 Å². The number of halogens is 1. The molecule has 1 unspecified atom stereocenters. The first-order chi connectivity index (χ1) is 8.56. The molecule has 1 aromatic heterocycles. The van der Waals surface area contributed by atoms with Gasteiger partial charge in [0.1, 0.15) is 17.2 Å². The summed E-state index contributed by atoms with van der Waals surface area (Å²) in [6.07, 6.45) is 3.08. The average Bonchev–Trinajstić information content (AvgIpc) is 2.31. The Hall–Kier alpha value is -1.61. The second-order valence-corrected chi connectivity index (χ2v) is 4.91. The third-order valence-corrected chi connectivity index (χ3v) is 3.04. The maximum atomic E-state index is 6.03. The van der Waals surface area contributed by atoms with Crippen LogP contribution < -0.4 is 5.32 Å². The molecule has 0 aliphatic rings. The molecule has 18 heavy (non-hydrogen) atoms. The molecular weight excluding hydrogens is 246 g/mol. The van der Waals surface area contributed by atoms with Crippen LogP contribution in [0.15, 0.2) is 30.7 Å². The molecule has 94 valence electrons. The SMILES string of the molecule is Cc1cc(C)cc(C(C)Nc2ncncc2Cl)c1. The third kappa shape index (κ3) is 2.99. The molecule has 0 saturated heterocycles. The molecule has 0 radical (unpaired) electrons. The number of aromatic nitrogens is 2. The van der Waals surface area contributed by atoms with Crippen LogP contribution in [0.2, 0.25) is 5.02 Å². The molecule has 0 aliphatic heterocycles. The highest BCUT2D eigenvalue weighted by Gasteiger charge is 2.09. The lowest BCUT2D eigenvalue weighted by Gasteiger charge is -2.16. The molecule has 0 fully saturated rings. The summed E-state index contributed by atoms with van der Waals surface area (Å²) < 4.78 is 0. The molecule has 0 amide bonds. The van der Waals surface area contributed by atoms with Gasteiger partial charge in [0.2, 0.25) is 0 Å². The molecule has 1 atom stereocenters. The van der Waals surface area contributed by atoms with Gasteiger partial charge in [-0.15, -0.1) is 0 Å². The summed E-state index contributed by atoms with van der Waals surface area (Å²) in [6, 6.07) is 6.64. The fourth-order valence-corrected chi connectivity index (χ4v) is 2.13. The lowest BCUT2D eigenvalue weighted by Crippen LogP contribution is -2.09. The average molecular weight is 262 g/mol. The first kappa shape index (κ1) is 12.8. The zero-order valence-corrected chi connectivity index (χ0v) is 11.5. The number of aryl methyl sites for hydroxylation is 2. The lowest BCUT2D eigenvalue weighted by molar-refractivity contribution is 0.868. The van der Waals surface area contributed by atoms with Crippen molar-refractivity contribution >= 4 is 17.4 Å². The first-order valence-electron chi connectivity index (χ1n) is 5.86. The van der Waals surface area contributed by atoms with Crippen molar-refractivity contribution in [3.8, 4) is 0 Å². The van der Waals surface area contributed by atoms with Crippen LogP contribution in [0.25, 0.3) is 0 Å². The van der Waals surface area contributed by atoms with Crippen LogP contribution in [0.4, 0.5) is 5.82 Å². The molecule has 3 nitrogen and oxygen atoms in total. The Morgan fingerprint density at radius 2 is 1.83 bits per heavy atom. The zero-order valence-electron chi connectivity index (χ0n) is 10.7. The smallest absolute Gasteiger partial charge is 0.148 e. The number of nitrogens with zero attached hydrogens (tertiary/aromatic N) is 2.